The maximum Gasteiger partial charge on any atom is 0.251 e. The molecule has 29 heavy (non-hydrogen) atoms. The smallest absolute Gasteiger partial charge is 0.251 e. The first-order valence-electron chi connectivity index (χ1n) is 9.62. The van der Waals surface area contributed by atoms with Gasteiger partial charge in [-0.3, -0.25) is 14.6 Å². The molecule has 2 aromatic rings. The molecule has 0 aliphatic carbocycles. The Morgan fingerprint density at radius 1 is 1.07 bits per heavy atom. The number of benzene rings is 1. The van der Waals surface area contributed by atoms with Crippen molar-refractivity contribution in [1.29, 1.82) is 0 Å². The van der Waals surface area contributed by atoms with Crippen molar-refractivity contribution in [2.24, 2.45) is 0 Å². The Labute approximate surface area is 169 Å². The van der Waals surface area contributed by atoms with Gasteiger partial charge in [0, 0.05) is 24.5 Å². The van der Waals surface area contributed by atoms with Gasteiger partial charge in [-0.15, -0.1) is 0 Å². The molecule has 3 rings (SSSR count). The van der Waals surface area contributed by atoms with E-state index in [1.807, 2.05) is 18.2 Å². The highest BCUT2D eigenvalue weighted by Gasteiger charge is 2.29. The number of nitrogens with zero attached hydrogens (tertiary/aromatic N) is 1. The van der Waals surface area contributed by atoms with E-state index in [1.165, 1.54) is 0 Å². The van der Waals surface area contributed by atoms with Gasteiger partial charge in [-0.1, -0.05) is 30.4 Å². The minimum absolute atomic E-state index is 0.128. The van der Waals surface area contributed by atoms with E-state index in [1.54, 1.807) is 48.8 Å². The molecule has 0 bridgehead atoms. The number of amides is 2. The number of carbonyl (C=O) groups excluding carboxylic acids is 2. The quantitative estimate of drug-likeness (QED) is 0.584. The van der Waals surface area contributed by atoms with Crippen molar-refractivity contribution < 1.29 is 19.4 Å². The highest BCUT2D eigenvalue weighted by molar-refractivity contribution is 5.94. The lowest BCUT2D eigenvalue weighted by Gasteiger charge is -2.31. The highest BCUT2D eigenvalue weighted by atomic mass is 16.5. The second-order valence-electron chi connectivity index (χ2n) is 6.81. The summed E-state index contributed by atoms with van der Waals surface area (Å²) in [6.45, 7) is 0.267. The Morgan fingerprint density at radius 3 is 2.55 bits per heavy atom. The fourth-order valence-electron chi connectivity index (χ4n) is 3.11. The molecule has 0 fully saturated rings. The van der Waals surface area contributed by atoms with Crippen molar-refractivity contribution in [3.8, 4) is 0 Å². The molecule has 1 aromatic carbocycles. The molecule has 3 atom stereocenters. The van der Waals surface area contributed by atoms with Crippen LogP contribution in [0.1, 0.15) is 22.3 Å². The first-order valence-corrected chi connectivity index (χ1v) is 9.62. The summed E-state index contributed by atoms with van der Waals surface area (Å²) in [5, 5.41) is 15.4. The number of aliphatic hydroxyl groups is 1. The van der Waals surface area contributed by atoms with Crippen LogP contribution in [0.2, 0.25) is 0 Å². The van der Waals surface area contributed by atoms with E-state index < -0.39 is 18.2 Å². The first-order chi connectivity index (χ1) is 14.2. The van der Waals surface area contributed by atoms with Gasteiger partial charge in [-0.05, 0) is 36.2 Å². The summed E-state index contributed by atoms with van der Waals surface area (Å²) in [5.74, 6) is -0.369. The lowest BCUT2D eigenvalue weighted by atomic mass is 10.0. The summed E-state index contributed by atoms with van der Waals surface area (Å²) in [6, 6.07) is 12.2. The third-order valence-corrected chi connectivity index (χ3v) is 4.67. The van der Waals surface area contributed by atoms with Gasteiger partial charge in [0.1, 0.15) is 6.10 Å². The van der Waals surface area contributed by atoms with Gasteiger partial charge >= 0.3 is 0 Å². The van der Waals surface area contributed by atoms with Gasteiger partial charge in [0.2, 0.25) is 5.91 Å². The van der Waals surface area contributed by atoms with Crippen molar-refractivity contribution in [2.75, 3.05) is 13.2 Å². The third kappa shape index (κ3) is 6.23. The predicted octanol–water partition coefficient (Wildman–Crippen LogP) is 1.24. The predicted molar refractivity (Wildman–Crippen MR) is 108 cm³/mol. The van der Waals surface area contributed by atoms with Crippen molar-refractivity contribution in [1.82, 2.24) is 15.6 Å². The molecule has 0 unspecified atom stereocenters. The van der Waals surface area contributed by atoms with E-state index in [4.69, 9.17) is 4.74 Å². The molecule has 1 aromatic heterocycles. The van der Waals surface area contributed by atoms with Crippen LogP contribution in [-0.2, 0) is 16.0 Å². The summed E-state index contributed by atoms with van der Waals surface area (Å²) in [5.41, 5.74) is 1.64. The van der Waals surface area contributed by atoms with E-state index in [0.717, 1.165) is 12.0 Å². The Morgan fingerprint density at radius 2 is 1.83 bits per heavy atom. The molecule has 1 aliphatic rings. The molecular formula is C22H25N3O4. The average Bonchev–Trinajstić information content (AvgIpc) is 2.76. The zero-order valence-corrected chi connectivity index (χ0v) is 16.0. The maximum atomic E-state index is 12.3. The first kappa shape index (κ1) is 20.7. The van der Waals surface area contributed by atoms with Gasteiger partial charge < -0.3 is 20.5 Å². The number of carbonyl (C=O) groups is 2. The van der Waals surface area contributed by atoms with Crippen LogP contribution in [0, 0.1) is 0 Å². The number of nitrogens with one attached hydrogen (secondary N) is 2. The molecule has 3 N–H and O–H groups in total. The van der Waals surface area contributed by atoms with Crippen LogP contribution in [0.25, 0.3) is 0 Å². The molecular weight excluding hydrogens is 370 g/mol. The number of rotatable bonds is 8. The second-order valence-corrected chi connectivity index (χ2v) is 6.81. The van der Waals surface area contributed by atoms with Gasteiger partial charge in [0.15, 0.2) is 0 Å². The topological polar surface area (TPSA) is 101 Å². The van der Waals surface area contributed by atoms with Crippen LogP contribution in [0.3, 0.4) is 0 Å². The molecule has 2 heterocycles. The third-order valence-electron chi connectivity index (χ3n) is 4.67. The van der Waals surface area contributed by atoms with Crippen LogP contribution in [0.15, 0.2) is 67.0 Å². The fourth-order valence-corrected chi connectivity index (χ4v) is 3.11. The number of hydrogen-bond donors (Lipinski definition) is 3. The molecule has 1 aliphatic heterocycles. The molecule has 0 radical (unpaired) electrons. The number of pyridine rings is 1. The number of aromatic nitrogens is 1. The lowest BCUT2D eigenvalue weighted by molar-refractivity contribution is -0.125. The molecule has 0 saturated carbocycles. The Bertz CT molecular complexity index is 826. The molecule has 152 valence electrons. The Kier molecular flexibility index (Phi) is 7.49. The maximum absolute atomic E-state index is 12.3. The summed E-state index contributed by atoms with van der Waals surface area (Å²) in [7, 11) is 0. The monoisotopic (exact) mass is 395 g/mol. The van der Waals surface area contributed by atoms with Crippen LogP contribution in [-0.4, -0.2) is 53.3 Å². The van der Waals surface area contributed by atoms with E-state index in [2.05, 4.69) is 15.6 Å². The molecule has 7 heteroatoms. The Balaban J connectivity index is 1.47. The standard InChI is InChI=1S/C22H25N3O4/c26-15-20-19(25-22(28)17-4-2-1-3-5-17)7-6-18(29-20)14-21(27)24-13-10-16-8-11-23-12-9-16/h1-9,11-12,18-20,26H,10,13-15H2,(H,24,27)(H,25,28)/t18-,19-,20-/m0/s1. The minimum Gasteiger partial charge on any atom is -0.394 e. The van der Waals surface area contributed by atoms with E-state index in [0.29, 0.717) is 12.1 Å². The SMILES string of the molecule is O=C(C[C@@H]1C=C[C@H](NC(=O)c2ccccc2)[C@H](CO)O1)NCCc1ccncc1. The van der Waals surface area contributed by atoms with Gasteiger partial charge in [-0.25, -0.2) is 0 Å². The largest absolute Gasteiger partial charge is 0.394 e. The normalized spacial score (nSPS) is 20.8. The Hall–Kier alpha value is -3.03. The molecule has 0 saturated heterocycles. The summed E-state index contributed by atoms with van der Waals surface area (Å²) >= 11 is 0. The van der Waals surface area contributed by atoms with Crippen molar-refractivity contribution in [3.63, 3.8) is 0 Å². The number of hydrogen-bond acceptors (Lipinski definition) is 5. The molecule has 2 amide bonds. The van der Waals surface area contributed by atoms with Gasteiger partial charge in [0.05, 0.1) is 25.2 Å². The fraction of sp³-hybridized carbons (Fsp3) is 0.318. The van der Waals surface area contributed by atoms with E-state index in [9.17, 15) is 14.7 Å². The highest BCUT2D eigenvalue weighted by Crippen LogP contribution is 2.16. The van der Waals surface area contributed by atoms with Crippen molar-refractivity contribution >= 4 is 11.8 Å². The summed E-state index contributed by atoms with van der Waals surface area (Å²) in [6.07, 6.45) is 6.80. The summed E-state index contributed by atoms with van der Waals surface area (Å²) < 4.78 is 5.80. The van der Waals surface area contributed by atoms with Gasteiger partial charge in [-0.2, -0.15) is 0 Å². The zero-order chi connectivity index (χ0) is 20.5. The second kappa shape index (κ2) is 10.5. The minimum atomic E-state index is -0.609. The van der Waals surface area contributed by atoms with E-state index >= 15 is 0 Å². The van der Waals surface area contributed by atoms with Gasteiger partial charge in [0.25, 0.3) is 5.91 Å². The number of aliphatic hydroxyl groups excluding tert-OH is 1. The van der Waals surface area contributed by atoms with Crippen molar-refractivity contribution in [3.05, 3.63) is 78.1 Å². The molecule has 7 nitrogen and oxygen atoms in total. The number of ether oxygens (including phenoxy) is 1. The average molecular weight is 395 g/mol. The van der Waals surface area contributed by atoms with Crippen LogP contribution < -0.4 is 10.6 Å². The summed E-state index contributed by atoms with van der Waals surface area (Å²) in [4.78, 5) is 28.5. The lowest BCUT2D eigenvalue weighted by Crippen LogP contribution is -2.49. The molecule has 0 spiro atoms. The zero-order valence-electron chi connectivity index (χ0n) is 16.0. The van der Waals surface area contributed by atoms with E-state index in [-0.39, 0.29) is 24.8 Å². The van der Waals surface area contributed by atoms with Crippen LogP contribution in [0.4, 0.5) is 0 Å². The van der Waals surface area contributed by atoms with Crippen LogP contribution in [0.5, 0.6) is 0 Å². The van der Waals surface area contributed by atoms with Crippen LogP contribution >= 0.6 is 0 Å². The van der Waals surface area contributed by atoms with Crippen molar-refractivity contribution in [2.45, 2.75) is 31.1 Å².